The number of fused-ring (bicyclic) bond motifs is 3. The lowest BCUT2D eigenvalue weighted by atomic mass is 9.98. The molecule has 0 spiro atoms. The number of aliphatic carboxylic acids is 1. The summed E-state index contributed by atoms with van der Waals surface area (Å²) < 4.78 is 5.48. The lowest BCUT2D eigenvalue weighted by Gasteiger charge is -2.16. The van der Waals surface area contributed by atoms with Crippen LogP contribution in [0.4, 0.5) is 4.79 Å². The molecule has 0 fully saturated rings. The van der Waals surface area contributed by atoms with Gasteiger partial charge in [0.05, 0.1) is 5.92 Å². The van der Waals surface area contributed by atoms with Crippen LogP contribution in [0, 0.1) is 6.92 Å². The van der Waals surface area contributed by atoms with E-state index in [2.05, 4.69) is 29.6 Å². The highest BCUT2D eigenvalue weighted by Gasteiger charge is 2.29. The van der Waals surface area contributed by atoms with E-state index in [1.807, 2.05) is 43.3 Å². The van der Waals surface area contributed by atoms with E-state index in [1.54, 1.807) is 12.1 Å². The van der Waals surface area contributed by atoms with Crippen LogP contribution in [-0.2, 0) is 9.53 Å². The van der Waals surface area contributed by atoms with Crippen LogP contribution in [0.3, 0.4) is 0 Å². The number of hydrogen-bond acceptors (Lipinski definition) is 3. The summed E-state index contributed by atoms with van der Waals surface area (Å²) in [6.45, 7) is 2.10. The Balaban J connectivity index is 1.40. The van der Waals surface area contributed by atoms with Crippen LogP contribution in [0.5, 0.6) is 0 Å². The monoisotopic (exact) mass is 401 g/mol. The number of alkyl carbamates (subject to hydrolysis) is 1. The first kappa shape index (κ1) is 19.7. The van der Waals surface area contributed by atoms with E-state index in [0.717, 1.165) is 27.8 Å². The molecule has 3 aromatic rings. The minimum atomic E-state index is -0.988. The highest BCUT2D eigenvalue weighted by Crippen LogP contribution is 2.44. The zero-order valence-electron chi connectivity index (χ0n) is 16.7. The minimum Gasteiger partial charge on any atom is -0.481 e. The van der Waals surface area contributed by atoms with Gasteiger partial charge in [-0.15, -0.1) is 0 Å². The molecule has 0 aromatic heterocycles. The van der Waals surface area contributed by atoms with E-state index in [9.17, 15) is 14.7 Å². The molecule has 0 aliphatic heterocycles. The Morgan fingerprint density at radius 2 is 1.50 bits per heavy atom. The molecule has 3 aromatic carbocycles. The number of carboxylic acid groups (broad SMARTS) is 1. The SMILES string of the molecule is Cc1ccc([C@@H](CNC(=O)OCC2c3ccccc3-c3ccccc32)C(=O)O)cc1. The van der Waals surface area contributed by atoms with Crippen molar-refractivity contribution in [2.24, 2.45) is 0 Å². The van der Waals surface area contributed by atoms with Crippen molar-refractivity contribution in [2.45, 2.75) is 18.8 Å². The Kier molecular flexibility index (Phi) is 5.53. The summed E-state index contributed by atoms with van der Waals surface area (Å²) in [6, 6.07) is 23.5. The molecule has 2 N–H and O–H groups in total. The van der Waals surface area contributed by atoms with Gasteiger partial charge in [-0.1, -0.05) is 78.4 Å². The lowest BCUT2D eigenvalue weighted by Crippen LogP contribution is -2.32. The largest absolute Gasteiger partial charge is 0.481 e. The molecule has 1 aliphatic carbocycles. The molecule has 30 heavy (non-hydrogen) atoms. The summed E-state index contributed by atoms with van der Waals surface area (Å²) in [5.41, 5.74) is 6.28. The van der Waals surface area contributed by atoms with Gasteiger partial charge < -0.3 is 15.2 Å². The number of carbonyl (C=O) groups excluding carboxylic acids is 1. The molecule has 0 radical (unpaired) electrons. The Hall–Kier alpha value is -3.60. The van der Waals surface area contributed by atoms with Crippen molar-refractivity contribution in [1.82, 2.24) is 5.32 Å². The van der Waals surface area contributed by atoms with Gasteiger partial charge in [0.25, 0.3) is 0 Å². The van der Waals surface area contributed by atoms with E-state index in [4.69, 9.17) is 4.74 Å². The van der Waals surface area contributed by atoms with Crippen LogP contribution in [-0.4, -0.2) is 30.3 Å². The number of hydrogen-bond donors (Lipinski definition) is 2. The lowest BCUT2D eigenvalue weighted by molar-refractivity contribution is -0.138. The molecule has 1 amide bonds. The zero-order chi connectivity index (χ0) is 21.1. The topological polar surface area (TPSA) is 75.6 Å². The fourth-order valence-electron chi connectivity index (χ4n) is 3.98. The second-order valence-electron chi connectivity index (χ2n) is 7.51. The Morgan fingerprint density at radius 3 is 2.07 bits per heavy atom. The molecule has 0 bridgehead atoms. The summed E-state index contributed by atoms with van der Waals surface area (Å²) in [4.78, 5) is 24.0. The fourth-order valence-corrected chi connectivity index (χ4v) is 3.98. The molecular weight excluding hydrogens is 378 g/mol. The second-order valence-corrected chi connectivity index (χ2v) is 7.51. The van der Waals surface area contributed by atoms with E-state index < -0.39 is 18.0 Å². The van der Waals surface area contributed by atoms with Gasteiger partial charge in [-0.3, -0.25) is 4.79 Å². The van der Waals surface area contributed by atoms with Crippen molar-refractivity contribution in [3.8, 4) is 11.1 Å². The van der Waals surface area contributed by atoms with Crippen molar-refractivity contribution in [2.75, 3.05) is 13.2 Å². The summed E-state index contributed by atoms with van der Waals surface area (Å²) in [5.74, 6) is -1.85. The second kappa shape index (κ2) is 8.41. The number of benzene rings is 3. The smallest absolute Gasteiger partial charge is 0.407 e. The van der Waals surface area contributed by atoms with E-state index >= 15 is 0 Å². The van der Waals surface area contributed by atoms with E-state index in [0.29, 0.717) is 5.56 Å². The standard InChI is InChI=1S/C25H23NO4/c1-16-10-12-17(13-11-16)22(24(27)28)14-26-25(29)30-15-23-20-8-4-2-6-18(20)19-7-3-5-9-21(19)23/h2-13,22-23H,14-15H2,1H3,(H,26,29)(H,27,28)/t22-/m1/s1. The number of ether oxygens (including phenoxy) is 1. The Labute approximate surface area is 175 Å². The summed E-state index contributed by atoms with van der Waals surface area (Å²) in [7, 11) is 0. The quantitative estimate of drug-likeness (QED) is 0.628. The van der Waals surface area contributed by atoms with Crippen LogP contribution in [0.25, 0.3) is 11.1 Å². The number of carbonyl (C=O) groups is 2. The van der Waals surface area contributed by atoms with Crippen LogP contribution in [0.1, 0.15) is 34.1 Å². The summed E-state index contributed by atoms with van der Waals surface area (Å²) in [5, 5.41) is 12.1. The molecule has 1 aliphatic rings. The molecule has 4 rings (SSSR count). The number of amides is 1. The first-order valence-electron chi connectivity index (χ1n) is 9.93. The molecule has 5 heteroatoms. The third-order valence-corrected chi connectivity index (χ3v) is 5.57. The summed E-state index contributed by atoms with van der Waals surface area (Å²) >= 11 is 0. The number of rotatable bonds is 6. The van der Waals surface area contributed by atoms with Crippen molar-refractivity contribution in [3.05, 3.63) is 95.1 Å². The molecule has 0 heterocycles. The average molecular weight is 401 g/mol. The van der Waals surface area contributed by atoms with Gasteiger partial charge in [-0.2, -0.15) is 0 Å². The normalized spacial score (nSPS) is 13.2. The van der Waals surface area contributed by atoms with Crippen molar-refractivity contribution < 1.29 is 19.4 Å². The molecule has 0 unspecified atom stereocenters. The van der Waals surface area contributed by atoms with Gasteiger partial charge in [0.2, 0.25) is 0 Å². The predicted octanol–water partition coefficient (Wildman–Crippen LogP) is 4.70. The van der Waals surface area contributed by atoms with Gasteiger partial charge in [-0.05, 0) is 34.7 Å². The predicted molar refractivity (Wildman–Crippen MR) is 115 cm³/mol. The number of carboxylic acids is 1. The third kappa shape index (κ3) is 3.92. The number of nitrogens with one attached hydrogen (secondary N) is 1. The highest BCUT2D eigenvalue weighted by atomic mass is 16.5. The third-order valence-electron chi connectivity index (χ3n) is 5.57. The average Bonchev–Trinajstić information content (AvgIpc) is 3.07. The zero-order valence-corrected chi connectivity index (χ0v) is 16.7. The molecular formula is C25H23NO4. The fraction of sp³-hybridized carbons (Fsp3) is 0.200. The summed E-state index contributed by atoms with van der Waals surface area (Å²) in [6.07, 6.45) is -0.616. The van der Waals surface area contributed by atoms with Crippen LogP contribution < -0.4 is 5.32 Å². The number of aryl methyl sites for hydroxylation is 1. The Morgan fingerprint density at radius 1 is 0.933 bits per heavy atom. The maximum Gasteiger partial charge on any atom is 0.407 e. The minimum absolute atomic E-state index is 0.0319. The maximum absolute atomic E-state index is 12.3. The first-order chi connectivity index (χ1) is 14.5. The van der Waals surface area contributed by atoms with Crippen LogP contribution in [0.15, 0.2) is 72.8 Å². The first-order valence-corrected chi connectivity index (χ1v) is 9.93. The van der Waals surface area contributed by atoms with E-state index in [1.165, 1.54) is 0 Å². The molecule has 0 saturated heterocycles. The van der Waals surface area contributed by atoms with Crippen molar-refractivity contribution >= 4 is 12.1 Å². The van der Waals surface area contributed by atoms with E-state index in [-0.39, 0.29) is 19.1 Å². The maximum atomic E-state index is 12.3. The van der Waals surface area contributed by atoms with Gasteiger partial charge in [0.1, 0.15) is 6.61 Å². The van der Waals surface area contributed by atoms with Gasteiger partial charge >= 0.3 is 12.1 Å². The molecule has 5 nitrogen and oxygen atoms in total. The Bertz CT molecular complexity index is 1030. The van der Waals surface area contributed by atoms with Crippen LogP contribution >= 0.6 is 0 Å². The van der Waals surface area contributed by atoms with Crippen molar-refractivity contribution in [1.29, 1.82) is 0 Å². The van der Waals surface area contributed by atoms with Crippen molar-refractivity contribution in [3.63, 3.8) is 0 Å². The highest BCUT2D eigenvalue weighted by molar-refractivity contribution is 5.79. The van der Waals surface area contributed by atoms with Gasteiger partial charge in [-0.25, -0.2) is 4.79 Å². The van der Waals surface area contributed by atoms with Crippen LogP contribution in [0.2, 0.25) is 0 Å². The molecule has 0 saturated carbocycles. The van der Waals surface area contributed by atoms with Gasteiger partial charge in [0.15, 0.2) is 0 Å². The molecule has 1 atom stereocenters. The van der Waals surface area contributed by atoms with Gasteiger partial charge in [0, 0.05) is 12.5 Å². The molecule has 152 valence electrons.